The molecule has 5 aromatic rings. The Labute approximate surface area is 238 Å². The zero-order chi connectivity index (χ0) is 28.5. The number of ether oxygens (including phenoxy) is 1. The summed E-state index contributed by atoms with van der Waals surface area (Å²) in [6.45, 7) is 6.56. The molecule has 210 valence electrons. The minimum absolute atomic E-state index is 0.208. The zero-order valence-corrected chi connectivity index (χ0v) is 23.4. The van der Waals surface area contributed by atoms with E-state index in [0.29, 0.717) is 39.0 Å². The van der Waals surface area contributed by atoms with Crippen molar-refractivity contribution in [2.24, 2.45) is 0 Å². The van der Waals surface area contributed by atoms with Gasteiger partial charge < -0.3 is 19.7 Å². The fourth-order valence-electron chi connectivity index (χ4n) is 6.14. The van der Waals surface area contributed by atoms with E-state index >= 15 is 0 Å². The first kappa shape index (κ1) is 26.6. The number of fused-ring (bicyclic) bond motifs is 2. The number of nitrogens with one attached hydrogen (secondary N) is 1. The number of aromatic nitrogens is 3. The first-order valence-electron chi connectivity index (χ1n) is 14.2. The van der Waals surface area contributed by atoms with Crippen molar-refractivity contribution in [1.29, 1.82) is 0 Å². The maximum absolute atomic E-state index is 12.3. The molecule has 41 heavy (non-hydrogen) atoms. The van der Waals surface area contributed by atoms with Gasteiger partial charge >= 0.3 is 5.97 Å². The number of para-hydroxylation sites is 1. The number of aryl methyl sites for hydroxylation is 2. The van der Waals surface area contributed by atoms with Crippen LogP contribution in [0.15, 0.2) is 60.7 Å². The second-order valence-electron chi connectivity index (χ2n) is 10.7. The number of aromatic carboxylic acids is 1. The number of amides is 1. The van der Waals surface area contributed by atoms with Crippen LogP contribution in [0.3, 0.4) is 0 Å². The summed E-state index contributed by atoms with van der Waals surface area (Å²) in [6.07, 6.45) is 2.78. The highest BCUT2D eigenvalue weighted by Gasteiger charge is 2.23. The van der Waals surface area contributed by atoms with Crippen LogP contribution in [0.4, 0.5) is 0 Å². The van der Waals surface area contributed by atoms with Crippen LogP contribution in [0.1, 0.15) is 46.7 Å². The van der Waals surface area contributed by atoms with Gasteiger partial charge in [0.15, 0.2) is 0 Å². The molecule has 1 amide bonds. The van der Waals surface area contributed by atoms with Crippen LogP contribution < -0.4 is 4.74 Å². The van der Waals surface area contributed by atoms with Gasteiger partial charge in [-0.15, -0.1) is 0 Å². The van der Waals surface area contributed by atoms with Crippen molar-refractivity contribution in [3.63, 3.8) is 0 Å². The Bertz CT molecular complexity index is 1760. The monoisotopic (exact) mass is 550 g/mol. The Hall–Kier alpha value is -4.59. The number of benzene rings is 3. The summed E-state index contributed by atoms with van der Waals surface area (Å²) in [5, 5.41) is 18.0. The highest BCUT2D eigenvalue weighted by Crippen LogP contribution is 2.36. The molecule has 0 spiro atoms. The van der Waals surface area contributed by atoms with Crippen LogP contribution >= 0.6 is 0 Å². The largest absolute Gasteiger partial charge is 0.493 e. The Morgan fingerprint density at radius 1 is 1.02 bits per heavy atom. The van der Waals surface area contributed by atoms with E-state index in [9.17, 15) is 14.7 Å². The number of hydrogen-bond acceptors (Lipinski definition) is 4. The smallest absolute Gasteiger partial charge is 0.352 e. The molecule has 3 heterocycles. The van der Waals surface area contributed by atoms with E-state index in [2.05, 4.69) is 17.1 Å². The van der Waals surface area contributed by atoms with Crippen molar-refractivity contribution in [2.45, 2.75) is 46.1 Å². The SMILES string of the molecule is Cc1nn(CCN2CCCC2=O)c(C)c1-c1cccc2c(CCCOc3cccc4ccccc34)c(C(=O)O)[nH]c12. The van der Waals surface area contributed by atoms with Crippen molar-refractivity contribution < 1.29 is 19.4 Å². The Morgan fingerprint density at radius 3 is 2.61 bits per heavy atom. The first-order valence-corrected chi connectivity index (χ1v) is 14.2. The highest BCUT2D eigenvalue weighted by molar-refractivity contribution is 6.03. The molecule has 0 bridgehead atoms. The van der Waals surface area contributed by atoms with Crippen LogP contribution in [0.5, 0.6) is 5.75 Å². The van der Waals surface area contributed by atoms with Crippen LogP contribution in [0, 0.1) is 13.8 Å². The molecule has 3 aromatic carbocycles. The van der Waals surface area contributed by atoms with Gasteiger partial charge in [-0.1, -0.05) is 54.6 Å². The number of hydrogen-bond donors (Lipinski definition) is 2. The van der Waals surface area contributed by atoms with E-state index in [1.807, 2.05) is 72.0 Å². The van der Waals surface area contributed by atoms with Gasteiger partial charge in [-0.2, -0.15) is 5.10 Å². The van der Waals surface area contributed by atoms with Gasteiger partial charge in [0.2, 0.25) is 5.91 Å². The third-order valence-electron chi connectivity index (χ3n) is 8.14. The molecule has 2 aromatic heterocycles. The summed E-state index contributed by atoms with van der Waals surface area (Å²) < 4.78 is 8.09. The van der Waals surface area contributed by atoms with Gasteiger partial charge in [0.1, 0.15) is 11.4 Å². The van der Waals surface area contributed by atoms with E-state index in [1.165, 1.54) is 0 Å². The summed E-state index contributed by atoms with van der Waals surface area (Å²) in [7, 11) is 0. The minimum Gasteiger partial charge on any atom is -0.493 e. The van der Waals surface area contributed by atoms with Gasteiger partial charge in [-0.05, 0) is 50.1 Å². The van der Waals surface area contributed by atoms with Crippen LogP contribution in [0.2, 0.25) is 0 Å². The maximum atomic E-state index is 12.3. The fourth-order valence-corrected chi connectivity index (χ4v) is 6.14. The quantitative estimate of drug-likeness (QED) is 0.204. The molecular formula is C33H34N4O4. The second kappa shape index (κ2) is 11.1. The Morgan fingerprint density at radius 2 is 1.80 bits per heavy atom. The van der Waals surface area contributed by atoms with E-state index in [0.717, 1.165) is 68.5 Å². The number of nitrogens with zero attached hydrogens (tertiary/aromatic N) is 3. The summed E-state index contributed by atoms with van der Waals surface area (Å²) in [5.74, 6) is 0.0653. The number of carboxylic acids is 1. The molecule has 1 aliphatic rings. The minimum atomic E-state index is -0.975. The van der Waals surface area contributed by atoms with Crippen LogP contribution in [-0.2, 0) is 17.8 Å². The molecule has 1 fully saturated rings. The van der Waals surface area contributed by atoms with Crippen LogP contribution in [0.25, 0.3) is 32.8 Å². The molecule has 0 aliphatic carbocycles. The van der Waals surface area contributed by atoms with E-state index in [-0.39, 0.29) is 11.6 Å². The summed E-state index contributed by atoms with van der Waals surface area (Å²) in [5.41, 5.74) is 5.60. The molecule has 0 atom stereocenters. The molecule has 1 aliphatic heterocycles. The number of carboxylic acid groups (broad SMARTS) is 1. The predicted molar refractivity (Wildman–Crippen MR) is 160 cm³/mol. The summed E-state index contributed by atoms with van der Waals surface area (Å²) in [4.78, 5) is 29.5. The first-order chi connectivity index (χ1) is 19.9. The molecule has 2 N–H and O–H groups in total. The van der Waals surface area contributed by atoms with Crippen molar-refractivity contribution in [1.82, 2.24) is 19.7 Å². The lowest BCUT2D eigenvalue weighted by Gasteiger charge is -2.16. The zero-order valence-electron chi connectivity index (χ0n) is 23.4. The lowest BCUT2D eigenvalue weighted by atomic mass is 9.98. The van der Waals surface area contributed by atoms with Crippen molar-refractivity contribution in [3.05, 3.63) is 83.3 Å². The number of carbonyl (C=O) groups excluding carboxylic acids is 1. The lowest BCUT2D eigenvalue weighted by molar-refractivity contribution is -0.127. The predicted octanol–water partition coefficient (Wildman–Crippen LogP) is 6.13. The third kappa shape index (κ3) is 5.06. The number of likely N-dealkylation sites (tertiary alicyclic amines) is 1. The number of aromatic amines is 1. The van der Waals surface area contributed by atoms with E-state index in [4.69, 9.17) is 9.84 Å². The molecular weight excluding hydrogens is 516 g/mol. The van der Waals surface area contributed by atoms with Crippen molar-refractivity contribution in [3.8, 4) is 16.9 Å². The van der Waals surface area contributed by atoms with Gasteiger partial charge in [0.25, 0.3) is 0 Å². The normalized spacial score (nSPS) is 13.5. The highest BCUT2D eigenvalue weighted by atomic mass is 16.5. The van der Waals surface area contributed by atoms with E-state index in [1.54, 1.807) is 0 Å². The van der Waals surface area contributed by atoms with Crippen LogP contribution in [-0.4, -0.2) is 56.3 Å². The lowest BCUT2D eigenvalue weighted by Crippen LogP contribution is -2.29. The van der Waals surface area contributed by atoms with E-state index < -0.39 is 5.97 Å². The molecule has 0 unspecified atom stereocenters. The summed E-state index contributed by atoms with van der Waals surface area (Å²) in [6, 6.07) is 20.1. The molecule has 8 nitrogen and oxygen atoms in total. The number of H-pyrrole nitrogens is 1. The average molecular weight is 551 g/mol. The van der Waals surface area contributed by atoms with Gasteiger partial charge in [-0.25, -0.2) is 4.79 Å². The van der Waals surface area contributed by atoms with Gasteiger partial charge in [-0.3, -0.25) is 9.48 Å². The Kier molecular flexibility index (Phi) is 7.22. The topological polar surface area (TPSA) is 100 Å². The number of carbonyl (C=O) groups is 2. The standard InChI is InChI=1S/C33H34N4O4/c1-21-30(22(2)37(35-21)19-18-36-17-7-16-29(36)38)27-13-6-12-25-26(32(33(39)40)34-31(25)27)14-8-20-41-28-15-5-10-23-9-3-4-11-24(23)28/h3-6,9-13,15,34H,7-8,14,16-20H2,1-2H3,(H,39,40). The van der Waals surface area contributed by atoms with Crippen molar-refractivity contribution >= 4 is 33.6 Å². The molecule has 0 radical (unpaired) electrons. The average Bonchev–Trinajstić information content (AvgIpc) is 3.64. The van der Waals surface area contributed by atoms with Gasteiger partial charge in [0, 0.05) is 47.1 Å². The van der Waals surface area contributed by atoms with Gasteiger partial charge in [0.05, 0.1) is 24.4 Å². The molecule has 6 rings (SSSR count). The second-order valence-corrected chi connectivity index (χ2v) is 10.7. The number of rotatable bonds is 10. The molecule has 1 saturated heterocycles. The Balaban J connectivity index is 1.25. The third-order valence-corrected chi connectivity index (χ3v) is 8.14. The van der Waals surface area contributed by atoms with Crippen molar-refractivity contribution in [2.75, 3.05) is 19.7 Å². The summed E-state index contributed by atoms with van der Waals surface area (Å²) >= 11 is 0. The maximum Gasteiger partial charge on any atom is 0.352 e. The molecule has 0 saturated carbocycles. The fraction of sp³-hybridized carbons (Fsp3) is 0.303. The molecule has 8 heteroatoms.